The van der Waals surface area contributed by atoms with E-state index in [1.54, 1.807) is 0 Å². The van der Waals surface area contributed by atoms with Crippen LogP contribution in [0, 0.1) is 0 Å². The highest BCUT2D eigenvalue weighted by atomic mass is 28.4. The lowest BCUT2D eigenvalue weighted by molar-refractivity contribution is 0.0708. The van der Waals surface area contributed by atoms with E-state index in [1.807, 2.05) is 20.8 Å². The summed E-state index contributed by atoms with van der Waals surface area (Å²) in [6, 6.07) is 0.890. The van der Waals surface area contributed by atoms with Gasteiger partial charge in [-0.15, -0.1) is 0 Å². The minimum absolute atomic E-state index is 0.655. The molecule has 0 aliphatic carbocycles. The van der Waals surface area contributed by atoms with E-state index in [9.17, 15) is 0 Å². The van der Waals surface area contributed by atoms with Gasteiger partial charge in [0.15, 0.2) is 0 Å². The molecule has 0 saturated carbocycles. The normalized spacial score (nSPS) is 12.0. The fourth-order valence-corrected chi connectivity index (χ4v) is 5.85. The van der Waals surface area contributed by atoms with Crippen molar-refractivity contribution in [3.63, 3.8) is 0 Å². The topological polar surface area (TPSA) is 51.8 Å². The van der Waals surface area contributed by atoms with E-state index in [-0.39, 0.29) is 0 Å². The molecule has 5 nitrogen and oxygen atoms in total. The molecule has 0 radical (unpaired) electrons. The molecular weight excluding hydrogens is 356 g/mol. The van der Waals surface area contributed by atoms with E-state index in [0.717, 1.165) is 38.6 Å². The highest BCUT2D eigenvalue weighted by Gasteiger charge is 2.39. The summed E-state index contributed by atoms with van der Waals surface area (Å²) in [6.07, 6.45) is 12.1. The van der Waals surface area contributed by atoms with Crippen molar-refractivity contribution in [2.24, 2.45) is 0 Å². The maximum absolute atomic E-state index is 5.88. The summed E-state index contributed by atoms with van der Waals surface area (Å²) < 4.78 is 17.7. The molecule has 6 heteroatoms. The van der Waals surface area contributed by atoms with Crippen LogP contribution in [0.25, 0.3) is 0 Å². The fraction of sp³-hybridized carbons (Fsp3) is 1.00. The van der Waals surface area contributed by atoms with Crippen molar-refractivity contribution in [1.82, 2.24) is 10.6 Å². The summed E-state index contributed by atoms with van der Waals surface area (Å²) in [5.41, 5.74) is 0. The molecule has 0 unspecified atom stereocenters. The molecule has 0 aromatic rings. The molecule has 0 bridgehead atoms. The van der Waals surface area contributed by atoms with E-state index in [1.165, 1.54) is 51.4 Å². The lowest BCUT2D eigenvalue weighted by Crippen LogP contribution is -2.46. The summed E-state index contributed by atoms with van der Waals surface area (Å²) in [6.45, 7) is 14.5. The zero-order valence-electron chi connectivity index (χ0n) is 18.7. The van der Waals surface area contributed by atoms with Crippen molar-refractivity contribution in [2.75, 3.05) is 46.0 Å². The molecule has 0 atom stereocenters. The van der Waals surface area contributed by atoms with E-state index in [4.69, 9.17) is 13.3 Å². The molecule has 0 amide bonds. The predicted molar refractivity (Wildman–Crippen MR) is 118 cm³/mol. The van der Waals surface area contributed by atoms with Crippen LogP contribution in [0.4, 0.5) is 0 Å². The molecule has 0 aromatic heterocycles. The summed E-state index contributed by atoms with van der Waals surface area (Å²) in [5.74, 6) is 0. The van der Waals surface area contributed by atoms with Gasteiger partial charge in [-0.2, -0.15) is 0 Å². The lowest BCUT2D eigenvalue weighted by atomic mass is 10.1. The SMILES string of the molecule is CCCCCCCCCCNCCNCCC[Si](OCC)(OCC)OCC. The van der Waals surface area contributed by atoms with Gasteiger partial charge in [-0.05, 0) is 46.7 Å². The smallest absolute Gasteiger partial charge is 0.374 e. The Morgan fingerprint density at radius 3 is 1.44 bits per heavy atom. The molecule has 164 valence electrons. The first-order chi connectivity index (χ1) is 13.2. The number of unbranched alkanes of at least 4 members (excludes halogenated alkanes) is 7. The Labute approximate surface area is 170 Å². The van der Waals surface area contributed by atoms with Gasteiger partial charge in [0, 0.05) is 39.0 Å². The van der Waals surface area contributed by atoms with Crippen LogP contribution >= 0.6 is 0 Å². The second kappa shape index (κ2) is 20.7. The molecule has 0 heterocycles. The summed E-state index contributed by atoms with van der Waals surface area (Å²) in [7, 11) is -2.46. The Kier molecular flexibility index (Phi) is 20.8. The number of hydrogen-bond acceptors (Lipinski definition) is 5. The molecule has 27 heavy (non-hydrogen) atoms. The molecule has 2 N–H and O–H groups in total. The second-order valence-electron chi connectivity index (χ2n) is 7.06. The van der Waals surface area contributed by atoms with Crippen LogP contribution in [-0.4, -0.2) is 54.8 Å². The van der Waals surface area contributed by atoms with Crippen LogP contribution in [0.5, 0.6) is 0 Å². The largest absolute Gasteiger partial charge is 0.500 e. The van der Waals surface area contributed by atoms with Gasteiger partial charge in [0.1, 0.15) is 0 Å². The first kappa shape index (κ1) is 27.0. The average molecular weight is 405 g/mol. The zero-order valence-corrected chi connectivity index (χ0v) is 19.7. The Hall–Kier alpha value is 0.0169. The van der Waals surface area contributed by atoms with E-state index in [2.05, 4.69) is 17.6 Å². The van der Waals surface area contributed by atoms with Crippen molar-refractivity contribution in [2.45, 2.75) is 91.5 Å². The quantitative estimate of drug-likeness (QED) is 0.201. The third-order valence-corrected chi connectivity index (χ3v) is 7.77. The van der Waals surface area contributed by atoms with Gasteiger partial charge in [-0.3, -0.25) is 0 Å². The van der Waals surface area contributed by atoms with Crippen molar-refractivity contribution >= 4 is 8.80 Å². The van der Waals surface area contributed by atoms with Gasteiger partial charge in [0.25, 0.3) is 0 Å². The standard InChI is InChI=1S/C21H48N2O3Si/c1-5-9-10-11-12-13-14-15-17-22-19-20-23-18-16-21-27(24-6-2,25-7-3)26-8-4/h22-23H,5-21H2,1-4H3. The molecular formula is C21H48N2O3Si. The molecule has 0 aliphatic rings. The summed E-state index contributed by atoms with van der Waals surface area (Å²) >= 11 is 0. The van der Waals surface area contributed by atoms with Gasteiger partial charge in [-0.1, -0.05) is 51.9 Å². The van der Waals surface area contributed by atoms with Gasteiger partial charge in [-0.25, -0.2) is 0 Å². The van der Waals surface area contributed by atoms with E-state index >= 15 is 0 Å². The summed E-state index contributed by atoms with van der Waals surface area (Å²) in [4.78, 5) is 0. The maximum Gasteiger partial charge on any atom is 0.500 e. The third kappa shape index (κ3) is 16.7. The second-order valence-corrected chi connectivity index (χ2v) is 9.79. The Balaban J connectivity index is 3.49. The first-order valence-corrected chi connectivity index (χ1v) is 13.5. The number of rotatable bonds is 22. The van der Waals surface area contributed by atoms with Crippen LogP contribution < -0.4 is 10.6 Å². The van der Waals surface area contributed by atoms with E-state index in [0.29, 0.717) is 19.8 Å². The molecule has 0 fully saturated rings. The highest BCUT2D eigenvalue weighted by Crippen LogP contribution is 2.17. The monoisotopic (exact) mass is 404 g/mol. The maximum atomic E-state index is 5.88. The molecule has 0 spiro atoms. The van der Waals surface area contributed by atoms with Crippen molar-refractivity contribution in [3.05, 3.63) is 0 Å². The summed E-state index contributed by atoms with van der Waals surface area (Å²) in [5, 5.41) is 7.04. The predicted octanol–water partition coefficient (Wildman–Crippen LogP) is 4.74. The van der Waals surface area contributed by atoms with Gasteiger partial charge >= 0.3 is 8.80 Å². The highest BCUT2D eigenvalue weighted by molar-refractivity contribution is 6.60. The zero-order chi connectivity index (χ0) is 20.1. The lowest BCUT2D eigenvalue weighted by Gasteiger charge is -2.28. The molecule has 0 aromatic carbocycles. The third-order valence-electron chi connectivity index (χ3n) is 4.61. The van der Waals surface area contributed by atoms with Gasteiger partial charge in [0.05, 0.1) is 0 Å². The van der Waals surface area contributed by atoms with Crippen molar-refractivity contribution in [3.8, 4) is 0 Å². The van der Waals surface area contributed by atoms with Crippen LogP contribution in [0.2, 0.25) is 6.04 Å². The molecule has 0 rings (SSSR count). The van der Waals surface area contributed by atoms with Gasteiger partial charge < -0.3 is 23.9 Å². The number of nitrogens with one attached hydrogen (secondary N) is 2. The van der Waals surface area contributed by atoms with Crippen molar-refractivity contribution in [1.29, 1.82) is 0 Å². The first-order valence-electron chi connectivity index (χ1n) is 11.6. The molecule has 0 aliphatic heterocycles. The van der Waals surface area contributed by atoms with Crippen LogP contribution in [0.3, 0.4) is 0 Å². The van der Waals surface area contributed by atoms with E-state index < -0.39 is 8.80 Å². The Morgan fingerprint density at radius 1 is 0.519 bits per heavy atom. The van der Waals surface area contributed by atoms with Crippen LogP contribution in [0.15, 0.2) is 0 Å². The van der Waals surface area contributed by atoms with Gasteiger partial charge in [0.2, 0.25) is 0 Å². The molecule has 0 saturated heterocycles. The van der Waals surface area contributed by atoms with Crippen LogP contribution in [-0.2, 0) is 13.3 Å². The average Bonchev–Trinajstić information content (AvgIpc) is 2.65. The number of hydrogen-bond donors (Lipinski definition) is 2. The minimum atomic E-state index is -2.46. The Morgan fingerprint density at radius 2 is 0.963 bits per heavy atom. The fourth-order valence-electron chi connectivity index (χ4n) is 3.24. The van der Waals surface area contributed by atoms with Crippen LogP contribution in [0.1, 0.15) is 85.5 Å². The van der Waals surface area contributed by atoms with Crippen molar-refractivity contribution < 1.29 is 13.3 Å². The minimum Gasteiger partial charge on any atom is -0.374 e. The Bertz CT molecular complexity index is 280.